The molecule has 0 unspecified atom stereocenters. The highest BCUT2D eigenvalue weighted by molar-refractivity contribution is 5.97. The number of hydrogen-bond acceptors (Lipinski definition) is 3. The second-order valence-corrected chi connectivity index (χ2v) is 7.18. The summed E-state index contributed by atoms with van der Waals surface area (Å²) in [5.74, 6) is 0.932. The molecule has 2 saturated heterocycles. The molecule has 5 heteroatoms. The summed E-state index contributed by atoms with van der Waals surface area (Å²) in [6.45, 7) is 9.81. The first-order valence-corrected chi connectivity index (χ1v) is 8.96. The number of hydrogen-bond donors (Lipinski definition) is 0. The summed E-state index contributed by atoms with van der Waals surface area (Å²) in [6.07, 6.45) is 1.54. The molecule has 24 heavy (non-hydrogen) atoms. The van der Waals surface area contributed by atoms with Gasteiger partial charge in [0.05, 0.1) is 0 Å². The van der Waals surface area contributed by atoms with E-state index in [0.717, 1.165) is 51.4 Å². The van der Waals surface area contributed by atoms with Crippen LogP contribution in [0.4, 0.5) is 5.69 Å². The Morgan fingerprint density at radius 3 is 2.25 bits per heavy atom. The van der Waals surface area contributed by atoms with Crippen LogP contribution in [0.25, 0.3) is 0 Å². The van der Waals surface area contributed by atoms with Crippen molar-refractivity contribution in [3.63, 3.8) is 0 Å². The minimum absolute atomic E-state index is 0.0958. The molecule has 130 valence electrons. The lowest BCUT2D eigenvalue weighted by atomic mass is 10.1. The molecule has 0 aliphatic carbocycles. The van der Waals surface area contributed by atoms with E-state index < -0.39 is 0 Å². The molecule has 0 atom stereocenters. The molecule has 1 aromatic rings. The fraction of sp³-hybridized carbons (Fsp3) is 0.579. The van der Waals surface area contributed by atoms with Gasteiger partial charge in [-0.25, -0.2) is 0 Å². The Balaban J connectivity index is 1.58. The Bertz CT molecular complexity index is 589. The van der Waals surface area contributed by atoms with Crippen LogP contribution < -0.4 is 4.90 Å². The lowest BCUT2D eigenvalue weighted by molar-refractivity contribution is -0.117. The van der Waals surface area contributed by atoms with E-state index in [1.54, 1.807) is 4.90 Å². The van der Waals surface area contributed by atoms with Crippen LogP contribution in [0.15, 0.2) is 24.3 Å². The van der Waals surface area contributed by atoms with Gasteiger partial charge in [-0.1, -0.05) is 13.8 Å². The van der Waals surface area contributed by atoms with Gasteiger partial charge in [0.25, 0.3) is 5.91 Å². The predicted molar refractivity (Wildman–Crippen MR) is 95.2 cm³/mol. The fourth-order valence-electron chi connectivity index (χ4n) is 3.54. The molecule has 0 N–H and O–H groups in total. The van der Waals surface area contributed by atoms with Gasteiger partial charge >= 0.3 is 0 Å². The van der Waals surface area contributed by atoms with Gasteiger partial charge in [0, 0.05) is 56.9 Å². The largest absolute Gasteiger partial charge is 0.336 e. The molecule has 2 fully saturated rings. The molecule has 2 heterocycles. The SMILES string of the molecule is CC(C)CN1CCN(C(=O)c2ccc(N3CCCC3=O)cc2)CC1. The highest BCUT2D eigenvalue weighted by Crippen LogP contribution is 2.22. The van der Waals surface area contributed by atoms with Crippen molar-refractivity contribution in [3.8, 4) is 0 Å². The predicted octanol–water partition coefficient (Wildman–Crippen LogP) is 2.23. The summed E-state index contributed by atoms with van der Waals surface area (Å²) >= 11 is 0. The van der Waals surface area contributed by atoms with E-state index in [2.05, 4.69) is 18.7 Å². The number of nitrogens with zero attached hydrogens (tertiary/aromatic N) is 3. The smallest absolute Gasteiger partial charge is 0.253 e. The van der Waals surface area contributed by atoms with Crippen LogP contribution in [0.2, 0.25) is 0 Å². The van der Waals surface area contributed by atoms with Crippen LogP contribution in [0.5, 0.6) is 0 Å². The van der Waals surface area contributed by atoms with Crippen molar-refractivity contribution in [2.24, 2.45) is 5.92 Å². The maximum Gasteiger partial charge on any atom is 0.253 e. The Morgan fingerprint density at radius 1 is 1.04 bits per heavy atom. The first kappa shape index (κ1) is 17.0. The monoisotopic (exact) mass is 329 g/mol. The average Bonchev–Trinajstić information content (AvgIpc) is 3.00. The fourth-order valence-corrected chi connectivity index (χ4v) is 3.54. The standard InChI is InChI=1S/C19H27N3O2/c1-15(2)14-20-10-12-21(13-11-20)19(24)16-5-7-17(8-6-16)22-9-3-4-18(22)23/h5-8,15H,3-4,9-14H2,1-2H3. The van der Waals surface area contributed by atoms with Crippen LogP contribution in [-0.2, 0) is 4.79 Å². The summed E-state index contributed by atoms with van der Waals surface area (Å²) in [6, 6.07) is 7.49. The van der Waals surface area contributed by atoms with E-state index >= 15 is 0 Å². The summed E-state index contributed by atoms with van der Waals surface area (Å²) < 4.78 is 0. The molecule has 0 saturated carbocycles. The number of piperazine rings is 1. The highest BCUT2D eigenvalue weighted by Gasteiger charge is 2.24. The quantitative estimate of drug-likeness (QED) is 0.851. The van der Waals surface area contributed by atoms with Crippen LogP contribution in [-0.4, -0.2) is 60.9 Å². The first-order valence-electron chi connectivity index (χ1n) is 8.96. The maximum atomic E-state index is 12.7. The number of anilines is 1. The average molecular weight is 329 g/mol. The Kier molecular flexibility index (Phi) is 5.19. The zero-order valence-electron chi connectivity index (χ0n) is 14.7. The second-order valence-electron chi connectivity index (χ2n) is 7.18. The minimum Gasteiger partial charge on any atom is -0.336 e. The number of carbonyl (C=O) groups excluding carboxylic acids is 2. The minimum atomic E-state index is 0.0958. The van der Waals surface area contributed by atoms with Crippen molar-refractivity contribution >= 4 is 17.5 Å². The van der Waals surface area contributed by atoms with Gasteiger partial charge in [-0.3, -0.25) is 14.5 Å². The maximum absolute atomic E-state index is 12.7. The molecule has 2 aliphatic rings. The summed E-state index contributed by atoms with van der Waals surface area (Å²) in [5, 5.41) is 0. The van der Waals surface area contributed by atoms with Gasteiger partial charge in [-0.15, -0.1) is 0 Å². The lowest BCUT2D eigenvalue weighted by Gasteiger charge is -2.35. The van der Waals surface area contributed by atoms with Gasteiger partial charge in [0.1, 0.15) is 0 Å². The van der Waals surface area contributed by atoms with Crippen molar-refractivity contribution in [2.45, 2.75) is 26.7 Å². The van der Waals surface area contributed by atoms with Crippen molar-refractivity contribution in [3.05, 3.63) is 29.8 Å². The molecule has 0 bridgehead atoms. The Labute approximate surface area is 144 Å². The third-order valence-electron chi connectivity index (χ3n) is 4.78. The van der Waals surface area contributed by atoms with Crippen LogP contribution in [0, 0.1) is 5.92 Å². The lowest BCUT2D eigenvalue weighted by Crippen LogP contribution is -2.49. The van der Waals surface area contributed by atoms with Gasteiger partial charge in [-0.05, 0) is 36.6 Å². The Morgan fingerprint density at radius 2 is 1.71 bits per heavy atom. The first-order chi connectivity index (χ1) is 11.5. The molecule has 5 nitrogen and oxygen atoms in total. The molecule has 0 spiro atoms. The zero-order chi connectivity index (χ0) is 17.1. The van der Waals surface area contributed by atoms with Crippen LogP contribution >= 0.6 is 0 Å². The number of rotatable bonds is 4. The number of carbonyl (C=O) groups is 2. The summed E-state index contributed by atoms with van der Waals surface area (Å²) in [5.41, 5.74) is 1.61. The Hall–Kier alpha value is -1.88. The molecular formula is C19H27N3O2. The van der Waals surface area contributed by atoms with E-state index in [1.165, 1.54) is 0 Å². The van der Waals surface area contributed by atoms with Gasteiger partial charge in [-0.2, -0.15) is 0 Å². The van der Waals surface area contributed by atoms with Crippen molar-refractivity contribution < 1.29 is 9.59 Å². The van der Waals surface area contributed by atoms with Crippen LogP contribution in [0.3, 0.4) is 0 Å². The van der Waals surface area contributed by atoms with Crippen molar-refractivity contribution in [2.75, 3.05) is 44.2 Å². The highest BCUT2D eigenvalue weighted by atomic mass is 16.2. The number of amides is 2. The zero-order valence-corrected chi connectivity index (χ0v) is 14.7. The third-order valence-corrected chi connectivity index (χ3v) is 4.78. The molecule has 3 rings (SSSR count). The van der Waals surface area contributed by atoms with E-state index in [-0.39, 0.29) is 11.8 Å². The summed E-state index contributed by atoms with van der Waals surface area (Å²) in [7, 11) is 0. The molecule has 2 amide bonds. The van der Waals surface area contributed by atoms with Gasteiger partial charge < -0.3 is 9.80 Å². The second kappa shape index (κ2) is 7.34. The van der Waals surface area contributed by atoms with Crippen molar-refractivity contribution in [1.29, 1.82) is 0 Å². The van der Waals surface area contributed by atoms with Crippen molar-refractivity contribution in [1.82, 2.24) is 9.80 Å². The molecule has 2 aliphatic heterocycles. The van der Waals surface area contributed by atoms with E-state index in [4.69, 9.17) is 0 Å². The summed E-state index contributed by atoms with van der Waals surface area (Å²) in [4.78, 5) is 30.6. The molecule has 0 radical (unpaired) electrons. The molecule has 1 aromatic carbocycles. The topological polar surface area (TPSA) is 43.9 Å². The normalized spacial score (nSPS) is 19.4. The molecular weight excluding hydrogens is 302 g/mol. The van der Waals surface area contributed by atoms with E-state index in [0.29, 0.717) is 17.9 Å². The van der Waals surface area contributed by atoms with Crippen LogP contribution in [0.1, 0.15) is 37.0 Å². The van der Waals surface area contributed by atoms with Gasteiger partial charge in [0.2, 0.25) is 5.91 Å². The number of benzene rings is 1. The van der Waals surface area contributed by atoms with Gasteiger partial charge in [0.15, 0.2) is 0 Å². The van der Waals surface area contributed by atoms with E-state index in [9.17, 15) is 9.59 Å². The molecule has 0 aromatic heterocycles. The third kappa shape index (κ3) is 3.78. The van der Waals surface area contributed by atoms with E-state index in [1.807, 2.05) is 29.2 Å².